The average Bonchev–Trinajstić information content (AvgIpc) is 3.20. The van der Waals surface area contributed by atoms with Gasteiger partial charge in [-0.25, -0.2) is 4.98 Å². The second kappa shape index (κ2) is 10.6. The molecule has 0 fully saturated rings. The molecular formula is C22H31N3O4. The van der Waals surface area contributed by atoms with E-state index < -0.39 is 0 Å². The lowest BCUT2D eigenvalue weighted by atomic mass is 10.1. The van der Waals surface area contributed by atoms with E-state index in [1.165, 1.54) is 6.26 Å². The first-order valence-electron chi connectivity index (χ1n) is 10.1. The fourth-order valence-corrected chi connectivity index (χ4v) is 2.76. The van der Waals surface area contributed by atoms with Crippen molar-refractivity contribution in [2.75, 3.05) is 7.11 Å². The van der Waals surface area contributed by atoms with E-state index in [4.69, 9.17) is 9.15 Å². The summed E-state index contributed by atoms with van der Waals surface area (Å²) in [5, 5.41) is 2.86. The smallest absolute Gasteiger partial charge is 0.273 e. The lowest BCUT2D eigenvalue weighted by molar-refractivity contribution is -0.133. The van der Waals surface area contributed by atoms with Gasteiger partial charge in [0.05, 0.1) is 20.1 Å². The molecule has 2 aromatic rings. The molecule has 0 saturated carbocycles. The molecule has 0 aliphatic heterocycles. The van der Waals surface area contributed by atoms with Gasteiger partial charge in [-0.05, 0) is 44.4 Å². The fraction of sp³-hybridized carbons (Fsp3) is 0.500. The Morgan fingerprint density at radius 2 is 1.86 bits per heavy atom. The summed E-state index contributed by atoms with van der Waals surface area (Å²) >= 11 is 0. The van der Waals surface area contributed by atoms with Crippen molar-refractivity contribution in [3.8, 4) is 5.75 Å². The average molecular weight is 402 g/mol. The molecule has 0 bridgehead atoms. The van der Waals surface area contributed by atoms with Gasteiger partial charge in [-0.2, -0.15) is 0 Å². The number of aromatic nitrogens is 1. The minimum atomic E-state index is -0.269. The second-order valence-corrected chi connectivity index (χ2v) is 7.21. The number of nitrogens with zero attached hydrogens (tertiary/aromatic N) is 2. The molecule has 2 amide bonds. The maximum absolute atomic E-state index is 12.9. The monoisotopic (exact) mass is 401 g/mol. The van der Waals surface area contributed by atoms with E-state index in [1.54, 1.807) is 12.0 Å². The van der Waals surface area contributed by atoms with Crippen LogP contribution in [0.15, 0.2) is 34.9 Å². The summed E-state index contributed by atoms with van der Waals surface area (Å²) in [4.78, 5) is 31.2. The standard InChI is InChI=1S/C22H31N3O4/c1-6-15(3)23-22(27)19-14-29-20(24-19)13-25(16(4)7-2)21(26)12-17-8-10-18(28-5)11-9-17/h8-11,14-16H,6-7,12-13H2,1-5H3,(H,23,27). The fourth-order valence-electron chi connectivity index (χ4n) is 2.76. The van der Waals surface area contributed by atoms with Gasteiger partial charge in [0.1, 0.15) is 12.0 Å². The quantitative estimate of drug-likeness (QED) is 0.658. The molecule has 0 saturated heterocycles. The van der Waals surface area contributed by atoms with Gasteiger partial charge in [-0.15, -0.1) is 0 Å². The van der Waals surface area contributed by atoms with Crippen molar-refractivity contribution in [2.24, 2.45) is 0 Å². The Bertz CT molecular complexity index is 801. The summed E-state index contributed by atoms with van der Waals surface area (Å²) in [7, 11) is 1.61. The molecule has 1 aromatic carbocycles. The van der Waals surface area contributed by atoms with Crippen LogP contribution in [0.3, 0.4) is 0 Å². The van der Waals surface area contributed by atoms with Crippen LogP contribution in [0.25, 0.3) is 0 Å². The number of carbonyl (C=O) groups excluding carboxylic acids is 2. The summed E-state index contributed by atoms with van der Waals surface area (Å²) in [5.41, 5.74) is 1.14. The number of amides is 2. The van der Waals surface area contributed by atoms with Crippen molar-refractivity contribution in [1.29, 1.82) is 0 Å². The van der Waals surface area contributed by atoms with Crippen molar-refractivity contribution in [2.45, 2.75) is 65.6 Å². The van der Waals surface area contributed by atoms with Crippen LogP contribution in [0, 0.1) is 0 Å². The van der Waals surface area contributed by atoms with Crippen LogP contribution in [0.1, 0.15) is 62.5 Å². The number of nitrogens with one attached hydrogen (secondary N) is 1. The lowest BCUT2D eigenvalue weighted by Crippen LogP contribution is -2.39. The molecule has 2 rings (SSSR count). The zero-order valence-corrected chi connectivity index (χ0v) is 17.9. The predicted octanol–water partition coefficient (Wildman–Crippen LogP) is 3.58. The van der Waals surface area contributed by atoms with Gasteiger partial charge in [-0.1, -0.05) is 26.0 Å². The number of benzene rings is 1. The summed E-state index contributed by atoms with van der Waals surface area (Å²) < 4.78 is 10.6. The highest BCUT2D eigenvalue weighted by molar-refractivity contribution is 5.92. The van der Waals surface area contributed by atoms with E-state index in [9.17, 15) is 9.59 Å². The first kappa shape index (κ1) is 22.5. The zero-order valence-electron chi connectivity index (χ0n) is 17.9. The van der Waals surface area contributed by atoms with Gasteiger partial charge in [-0.3, -0.25) is 9.59 Å². The van der Waals surface area contributed by atoms with Crippen molar-refractivity contribution >= 4 is 11.8 Å². The number of hydrogen-bond acceptors (Lipinski definition) is 5. The van der Waals surface area contributed by atoms with Crippen LogP contribution >= 0.6 is 0 Å². The summed E-state index contributed by atoms with van der Waals surface area (Å²) in [6.07, 6.45) is 3.25. The van der Waals surface area contributed by atoms with E-state index in [1.807, 2.05) is 52.0 Å². The van der Waals surface area contributed by atoms with Crippen LogP contribution in [0.2, 0.25) is 0 Å². The third-order valence-corrected chi connectivity index (χ3v) is 5.04. The molecule has 158 valence electrons. The van der Waals surface area contributed by atoms with Gasteiger partial charge < -0.3 is 19.4 Å². The highest BCUT2D eigenvalue weighted by Gasteiger charge is 2.23. The molecule has 2 atom stereocenters. The van der Waals surface area contributed by atoms with Crippen molar-refractivity contribution < 1.29 is 18.7 Å². The van der Waals surface area contributed by atoms with E-state index in [2.05, 4.69) is 10.3 Å². The maximum Gasteiger partial charge on any atom is 0.273 e. The molecule has 0 aliphatic rings. The predicted molar refractivity (Wildman–Crippen MR) is 111 cm³/mol. The highest BCUT2D eigenvalue weighted by atomic mass is 16.5. The van der Waals surface area contributed by atoms with Crippen LogP contribution in [0.5, 0.6) is 5.75 Å². The molecule has 2 unspecified atom stereocenters. The van der Waals surface area contributed by atoms with Gasteiger partial charge in [0.2, 0.25) is 11.8 Å². The van der Waals surface area contributed by atoms with Gasteiger partial charge in [0, 0.05) is 12.1 Å². The number of ether oxygens (including phenoxy) is 1. The normalized spacial score (nSPS) is 12.9. The van der Waals surface area contributed by atoms with E-state index in [-0.39, 0.29) is 42.6 Å². The van der Waals surface area contributed by atoms with E-state index in [0.29, 0.717) is 5.89 Å². The summed E-state index contributed by atoms with van der Waals surface area (Å²) in [6.45, 7) is 8.17. The Hall–Kier alpha value is -2.83. The maximum atomic E-state index is 12.9. The molecule has 1 N–H and O–H groups in total. The third kappa shape index (κ3) is 6.34. The van der Waals surface area contributed by atoms with E-state index >= 15 is 0 Å². The topological polar surface area (TPSA) is 84.7 Å². The second-order valence-electron chi connectivity index (χ2n) is 7.21. The minimum Gasteiger partial charge on any atom is -0.497 e. The zero-order chi connectivity index (χ0) is 21.4. The molecule has 1 heterocycles. The number of oxazole rings is 1. The summed E-state index contributed by atoms with van der Waals surface area (Å²) in [5.74, 6) is 0.813. The van der Waals surface area contributed by atoms with Crippen LogP contribution in [-0.2, 0) is 17.8 Å². The van der Waals surface area contributed by atoms with Crippen molar-refractivity contribution in [3.63, 3.8) is 0 Å². The van der Waals surface area contributed by atoms with Crippen LogP contribution in [-0.4, -0.2) is 40.9 Å². The largest absolute Gasteiger partial charge is 0.497 e. The summed E-state index contributed by atoms with van der Waals surface area (Å²) in [6, 6.07) is 7.52. The third-order valence-electron chi connectivity index (χ3n) is 5.04. The van der Waals surface area contributed by atoms with Crippen LogP contribution in [0.4, 0.5) is 0 Å². The first-order chi connectivity index (χ1) is 13.9. The molecule has 0 aliphatic carbocycles. The van der Waals surface area contributed by atoms with Crippen molar-refractivity contribution in [3.05, 3.63) is 47.7 Å². The Morgan fingerprint density at radius 3 is 2.45 bits per heavy atom. The number of carbonyl (C=O) groups is 2. The molecule has 1 aromatic heterocycles. The number of methoxy groups -OCH3 is 1. The molecular weight excluding hydrogens is 370 g/mol. The van der Waals surface area contributed by atoms with Crippen LogP contribution < -0.4 is 10.1 Å². The Kier molecular flexibility index (Phi) is 8.24. The Labute approximate surface area is 172 Å². The van der Waals surface area contributed by atoms with Gasteiger partial charge in [0.25, 0.3) is 5.91 Å². The molecule has 7 heteroatoms. The number of hydrogen-bond donors (Lipinski definition) is 1. The molecule has 0 spiro atoms. The number of rotatable bonds is 10. The minimum absolute atomic E-state index is 0.0186. The molecule has 7 nitrogen and oxygen atoms in total. The lowest BCUT2D eigenvalue weighted by Gasteiger charge is -2.27. The molecule has 29 heavy (non-hydrogen) atoms. The highest BCUT2D eigenvalue weighted by Crippen LogP contribution is 2.16. The van der Waals surface area contributed by atoms with E-state index in [0.717, 1.165) is 24.2 Å². The van der Waals surface area contributed by atoms with Crippen molar-refractivity contribution in [1.82, 2.24) is 15.2 Å². The SMILES string of the molecule is CCC(C)NC(=O)c1coc(CN(C(=O)Cc2ccc(OC)cc2)C(C)CC)n1. The van der Waals surface area contributed by atoms with Gasteiger partial charge in [0.15, 0.2) is 5.69 Å². The molecule has 0 radical (unpaired) electrons. The Morgan fingerprint density at radius 1 is 1.17 bits per heavy atom. The first-order valence-corrected chi connectivity index (χ1v) is 10.1. The Balaban J connectivity index is 2.08. The van der Waals surface area contributed by atoms with Gasteiger partial charge >= 0.3 is 0 Å².